The first kappa shape index (κ1) is 21.6. The second-order valence-corrected chi connectivity index (χ2v) is 9.28. The van der Waals surface area contributed by atoms with Crippen LogP contribution in [0, 0.1) is 5.92 Å². The Bertz CT molecular complexity index is 874. The largest absolute Gasteiger partial charge is 0.366 e. The van der Waals surface area contributed by atoms with Crippen molar-refractivity contribution in [2.24, 2.45) is 5.92 Å². The highest BCUT2D eigenvalue weighted by molar-refractivity contribution is 6.35. The molecule has 0 bridgehead atoms. The summed E-state index contributed by atoms with van der Waals surface area (Å²) in [5, 5.41) is 2.76. The molecule has 6 heteroatoms. The number of benzene rings is 1. The zero-order valence-electron chi connectivity index (χ0n) is 18.7. The summed E-state index contributed by atoms with van der Waals surface area (Å²) in [5.41, 5.74) is 2.53. The Labute approximate surface area is 184 Å². The van der Waals surface area contributed by atoms with E-state index in [2.05, 4.69) is 17.1 Å². The SMILES string of the molecule is CC(=O)Nc1ccc(C2=C(N3CCC(C)CC3)C(=O)N(C3CCCCCC3)C2=O)cc1. The van der Waals surface area contributed by atoms with Crippen molar-refractivity contribution < 1.29 is 14.4 Å². The first-order chi connectivity index (χ1) is 15.0. The molecule has 1 saturated carbocycles. The molecule has 4 rings (SSSR count). The molecule has 0 unspecified atom stereocenters. The first-order valence-electron chi connectivity index (χ1n) is 11.7. The Morgan fingerprint density at radius 3 is 2.10 bits per heavy atom. The van der Waals surface area contributed by atoms with Crippen molar-refractivity contribution in [2.75, 3.05) is 18.4 Å². The van der Waals surface area contributed by atoms with Crippen LogP contribution in [0.15, 0.2) is 30.0 Å². The third-order valence-corrected chi connectivity index (χ3v) is 6.87. The van der Waals surface area contributed by atoms with E-state index in [1.165, 1.54) is 19.8 Å². The highest BCUT2D eigenvalue weighted by Crippen LogP contribution is 2.37. The average molecular weight is 424 g/mol. The fraction of sp³-hybridized carbons (Fsp3) is 0.560. The Kier molecular flexibility index (Phi) is 6.44. The quantitative estimate of drug-likeness (QED) is 0.583. The van der Waals surface area contributed by atoms with Gasteiger partial charge in [0.1, 0.15) is 5.70 Å². The predicted molar refractivity (Wildman–Crippen MR) is 121 cm³/mol. The zero-order valence-corrected chi connectivity index (χ0v) is 18.7. The van der Waals surface area contributed by atoms with Crippen LogP contribution in [0.2, 0.25) is 0 Å². The van der Waals surface area contributed by atoms with Crippen LogP contribution in [0.25, 0.3) is 5.57 Å². The first-order valence-corrected chi connectivity index (χ1v) is 11.7. The van der Waals surface area contributed by atoms with Crippen LogP contribution in [-0.4, -0.2) is 46.7 Å². The minimum Gasteiger partial charge on any atom is -0.366 e. The Morgan fingerprint density at radius 2 is 1.52 bits per heavy atom. The van der Waals surface area contributed by atoms with E-state index in [0.717, 1.165) is 57.2 Å². The van der Waals surface area contributed by atoms with Gasteiger partial charge in [-0.3, -0.25) is 19.3 Å². The number of anilines is 1. The molecule has 1 N–H and O–H groups in total. The lowest BCUT2D eigenvalue weighted by atomic mass is 9.97. The number of nitrogens with one attached hydrogen (secondary N) is 1. The van der Waals surface area contributed by atoms with Gasteiger partial charge in [0.2, 0.25) is 5.91 Å². The molecule has 3 amide bonds. The molecule has 0 aromatic heterocycles. The van der Waals surface area contributed by atoms with Gasteiger partial charge in [-0.15, -0.1) is 0 Å². The van der Waals surface area contributed by atoms with E-state index < -0.39 is 0 Å². The summed E-state index contributed by atoms with van der Waals surface area (Å²) < 4.78 is 0. The number of piperidine rings is 1. The normalized spacial score (nSPS) is 21.6. The van der Waals surface area contributed by atoms with E-state index in [4.69, 9.17) is 0 Å². The van der Waals surface area contributed by atoms with Crippen molar-refractivity contribution in [1.82, 2.24) is 9.80 Å². The Morgan fingerprint density at radius 1 is 0.903 bits per heavy atom. The molecule has 1 aliphatic carbocycles. The van der Waals surface area contributed by atoms with E-state index in [1.54, 1.807) is 17.0 Å². The molecule has 2 fully saturated rings. The molecule has 1 aromatic carbocycles. The molecule has 2 aliphatic heterocycles. The van der Waals surface area contributed by atoms with E-state index in [1.807, 2.05) is 12.1 Å². The van der Waals surface area contributed by atoms with Crippen LogP contribution in [0.1, 0.15) is 70.8 Å². The number of imide groups is 1. The number of rotatable bonds is 4. The maximum Gasteiger partial charge on any atom is 0.278 e. The minimum atomic E-state index is -0.155. The smallest absolute Gasteiger partial charge is 0.278 e. The summed E-state index contributed by atoms with van der Waals surface area (Å²) >= 11 is 0. The fourth-order valence-corrected chi connectivity index (χ4v) is 5.09. The van der Waals surface area contributed by atoms with Crippen molar-refractivity contribution in [1.29, 1.82) is 0 Å². The van der Waals surface area contributed by atoms with Crippen LogP contribution in [0.5, 0.6) is 0 Å². The van der Waals surface area contributed by atoms with Crippen molar-refractivity contribution >= 4 is 29.0 Å². The molecule has 0 atom stereocenters. The molecule has 0 spiro atoms. The van der Waals surface area contributed by atoms with Gasteiger partial charge in [0.05, 0.1) is 5.57 Å². The van der Waals surface area contributed by atoms with Crippen molar-refractivity contribution in [3.63, 3.8) is 0 Å². The van der Waals surface area contributed by atoms with E-state index in [0.29, 0.717) is 22.9 Å². The van der Waals surface area contributed by atoms with Gasteiger partial charge in [-0.05, 0) is 49.3 Å². The van der Waals surface area contributed by atoms with Crippen LogP contribution < -0.4 is 5.32 Å². The molecule has 1 saturated heterocycles. The molecule has 1 aromatic rings. The molecule has 3 aliphatic rings. The Hall–Kier alpha value is -2.63. The number of nitrogens with zero attached hydrogens (tertiary/aromatic N) is 2. The predicted octanol–water partition coefficient (Wildman–Crippen LogP) is 4.18. The monoisotopic (exact) mass is 423 g/mol. The third kappa shape index (κ3) is 4.53. The van der Waals surface area contributed by atoms with Crippen molar-refractivity contribution in [2.45, 2.75) is 71.3 Å². The van der Waals surface area contributed by atoms with Crippen LogP contribution in [0.3, 0.4) is 0 Å². The maximum atomic E-state index is 13.7. The Balaban J connectivity index is 1.70. The molecule has 31 heavy (non-hydrogen) atoms. The summed E-state index contributed by atoms with van der Waals surface area (Å²) in [7, 11) is 0. The lowest BCUT2D eigenvalue weighted by Crippen LogP contribution is -2.43. The minimum absolute atomic E-state index is 0.00244. The standard InChI is InChI=1S/C25H33N3O3/c1-17-13-15-27(16-14-17)23-22(19-9-11-20(12-10-19)26-18(2)29)24(30)28(25(23)31)21-7-5-3-4-6-8-21/h9-12,17,21H,3-8,13-16H2,1-2H3,(H,26,29). The number of hydrogen-bond acceptors (Lipinski definition) is 4. The summed E-state index contributed by atoms with van der Waals surface area (Å²) in [5.74, 6) is 0.231. The molecule has 166 valence electrons. The van der Waals surface area contributed by atoms with Crippen molar-refractivity contribution in [3.05, 3.63) is 35.5 Å². The van der Waals surface area contributed by atoms with Gasteiger partial charge in [0, 0.05) is 31.7 Å². The molecule has 6 nitrogen and oxygen atoms in total. The fourth-order valence-electron chi connectivity index (χ4n) is 5.09. The van der Waals surface area contributed by atoms with Crippen LogP contribution in [0.4, 0.5) is 5.69 Å². The average Bonchev–Trinajstić information content (AvgIpc) is 2.91. The van der Waals surface area contributed by atoms with Gasteiger partial charge in [0.15, 0.2) is 0 Å². The zero-order chi connectivity index (χ0) is 22.0. The molecular formula is C25H33N3O3. The van der Waals surface area contributed by atoms with E-state index in [9.17, 15) is 14.4 Å². The van der Waals surface area contributed by atoms with Crippen molar-refractivity contribution in [3.8, 4) is 0 Å². The van der Waals surface area contributed by atoms with Gasteiger partial charge >= 0.3 is 0 Å². The van der Waals surface area contributed by atoms with E-state index >= 15 is 0 Å². The maximum absolute atomic E-state index is 13.7. The van der Waals surface area contributed by atoms with Gasteiger partial charge < -0.3 is 10.2 Å². The summed E-state index contributed by atoms with van der Waals surface area (Å²) in [6.07, 6.45) is 8.35. The lowest BCUT2D eigenvalue weighted by Gasteiger charge is -2.33. The summed E-state index contributed by atoms with van der Waals surface area (Å²) in [6, 6.07) is 7.28. The second-order valence-electron chi connectivity index (χ2n) is 9.28. The highest BCUT2D eigenvalue weighted by Gasteiger charge is 2.45. The van der Waals surface area contributed by atoms with Crippen LogP contribution >= 0.6 is 0 Å². The second kappa shape index (κ2) is 9.25. The number of amides is 3. The van der Waals surface area contributed by atoms with Gasteiger partial charge in [-0.1, -0.05) is 44.7 Å². The third-order valence-electron chi connectivity index (χ3n) is 6.87. The number of hydrogen-bond donors (Lipinski definition) is 1. The lowest BCUT2D eigenvalue weighted by molar-refractivity contribution is -0.140. The number of likely N-dealkylation sites (tertiary alicyclic amines) is 1. The topological polar surface area (TPSA) is 69.7 Å². The van der Waals surface area contributed by atoms with Crippen LogP contribution in [-0.2, 0) is 14.4 Å². The van der Waals surface area contributed by atoms with E-state index in [-0.39, 0.29) is 23.8 Å². The van der Waals surface area contributed by atoms with Gasteiger partial charge in [-0.2, -0.15) is 0 Å². The summed E-state index contributed by atoms with van der Waals surface area (Å²) in [6.45, 7) is 5.32. The summed E-state index contributed by atoms with van der Waals surface area (Å²) in [4.78, 5) is 42.4. The molecule has 2 heterocycles. The van der Waals surface area contributed by atoms with Gasteiger partial charge in [-0.25, -0.2) is 0 Å². The molecule has 0 radical (unpaired) electrons. The highest BCUT2D eigenvalue weighted by atomic mass is 16.2. The number of carbonyl (C=O) groups is 3. The molecular weight excluding hydrogens is 390 g/mol. The van der Waals surface area contributed by atoms with Gasteiger partial charge in [0.25, 0.3) is 11.8 Å². The number of carbonyl (C=O) groups excluding carboxylic acids is 3.